The fourth-order valence-electron chi connectivity index (χ4n) is 2.65. The van der Waals surface area contributed by atoms with Gasteiger partial charge < -0.3 is 10.6 Å². The van der Waals surface area contributed by atoms with Gasteiger partial charge in [0, 0.05) is 29.8 Å². The van der Waals surface area contributed by atoms with Crippen LogP contribution in [0.4, 0.5) is 5.95 Å². The molecule has 3 heterocycles. The van der Waals surface area contributed by atoms with Crippen LogP contribution in [0.1, 0.15) is 19.8 Å². The van der Waals surface area contributed by atoms with Gasteiger partial charge in [0.05, 0.1) is 0 Å². The zero-order chi connectivity index (χ0) is 14.8. The molecule has 0 saturated carbocycles. The number of nitrogens with two attached hydrogens (primary N) is 1. The van der Waals surface area contributed by atoms with Crippen molar-refractivity contribution in [1.29, 1.82) is 0 Å². The predicted octanol–water partition coefficient (Wildman–Crippen LogP) is 2.19. The lowest BCUT2D eigenvalue weighted by molar-refractivity contribution is 0.352. The third kappa shape index (κ3) is 3.24. The zero-order valence-corrected chi connectivity index (χ0v) is 13.5. The van der Waals surface area contributed by atoms with E-state index in [9.17, 15) is 0 Å². The van der Waals surface area contributed by atoms with Gasteiger partial charge in [-0.2, -0.15) is 4.98 Å². The second-order valence-corrected chi connectivity index (χ2v) is 6.44. The number of piperidine rings is 1. The molecule has 2 aromatic rings. The van der Waals surface area contributed by atoms with E-state index in [0.717, 1.165) is 42.0 Å². The van der Waals surface area contributed by atoms with Gasteiger partial charge in [-0.15, -0.1) is 5.10 Å². The molecule has 0 aliphatic carbocycles. The molecule has 2 aromatic heterocycles. The van der Waals surface area contributed by atoms with Crippen LogP contribution in [-0.4, -0.2) is 39.3 Å². The lowest BCUT2D eigenvalue weighted by atomic mass is 9.91. The topological polar surface area (TPSA) is 83.7 Å². The fraction of sp³-hybridized carbons (Fsp3) is 0.500. The Morgan fingerprint density at radius 2 is 2.14 bits per heavy atom. The number of nitrogens with one attached hydrogen (secondary N) is 1. The minimum atomic E-state index is 0.266. The van der Waals surface area contributed by atoms with Crippen molar-refractivity contribution in [3.8, 4) is 11.5 Å². The van der Waals surface area contributed by atoms with Crippen molar-refractivity contribution < 1.29 is 0 Å². The first-order valence-electron chi connectivity index (χ1n) is 7.18. The molecule has 1 unspecified atom stereocenters. The fourth-order valence-corrected chi connectivity index (χ4v) is 2.88. The number of hydrogen-bond acceptors (Lipinski definition) is 5. The molecule has 1 atom stereocenters. The summed E-state index contributed by atoms with van der Waals surface area (Å²) in [5, 5.41) is 7.28. The van der Waals surface area contributed by atoms with Gasteiger partial charge in [0.1, 0.15) is 5.69 Å². The minimum absolute atomic E-state index is 0.266. The summed E-state index contributed by atoms with van der Waals surface area (Å²) in [7, 11) is 0. The molecule has 112 valence electrons. The molecule has 0 radical (unpaired) electrons. The maximum absolute atomic E-state index is 5.98. The highest BCUT2D eigenvalue weighted by Gasteiger charge is 2.24. The molecule has 3 N–H and O–H groups in total. The number of hydrogen-bond donors (Lipinski definition) is 2. The molecule has 0 amide bonds. The predicted molar refractivity (Wildman–Crippen MR) is 85.9 cm³/mol. The van der Waals surface area contributed by atoms with Crippen LogP contribution >= 0.6 is 15.9 Å². The smallest absolute Gasteiger partial charge is 0.245 e. The monoisotopic (exact) mass is 350 g/mol. The van der Waals surface area contributed by atoms with Gasteiger partial charge in [-0.3, -0.25) is 10.1 Å². The molecule has 21 heavy (non-hydrogen) atoms. The maximum Gasteiger partial charge on any atom is 0.245 e. The second-order valence-electron chi connectivity index (χ2n) is 5.53. The molecule has 0 aromatic carbocycles. The van der Waals surface area contributed by atoms with Crippen LogP contribution in [-0.2, 0) is 0 Å². The van der Waals surface area contributed by atoms with E-state index in [1.807, 2.05) is 12.1 Å². The average Bonchev–Trinajstić information content (AvgIpc) is 2.98. The Balaban J connectivity index is 1.70. The molecule has 1 aliphatic rings. The number of halogens is 1. The first kappa shape index (κ1) is 14.5. The largest absolute Gasteiger partial charge is 0.340 e. The summed E-state index contributed by atoms with van der Waals surface area (Å²) in [6, 6.07) is 4.12. The van der Waals surface area contributed by atoms with Crippen molar-refractivity contribution in [2.45, 2.75) is 25.8 Å². The van der Waals surface area contributed by atoms with E-state index in [-0.39, 0.29) is 6.04 Å². The van der Waals surface area contributed by atoms with Crippen molar-refractivity contribution in [2.75, 3.05) is 18.0 Å². The number of aromatic amines is 1. The van der Waals surface area contributed by atoms with Gasteiger partial charge in [0.15, 0.2) is 5.82 Å². The van der Waals surface area contributed by atoms with Crippen molar-refractivity contribution in [3.05, 3.63) is 22.8 Å². The highest BCUT2D eigenvalue weighted by atomic mass is 79.9. The number of nitrogens with zero attached hydrogens (tertiary/aromatic N) is 4. The summed E-state index contributed by atoms with van der Waals surface area (Å²) in [5.41, 5.74) is 6.77. The van der Waals surface area contributed by atoms with E-state index in [4.69, 9.17) is 5.73 Å². The van der Waals surface area contributed by atoms with Gasteiger partial charge in [0.25, 0.3) is 0 Å². The van der Waals surface area contributed by atoms with Crippen molar-refractivity contribution in [3.63, 3.8) is 0 Å². The molecule has 7 heteroatoms. The van der Waals surface area contributed by atoms with Gasteiger partial charge in [-0.05, 0) is 53.7 Å². The number of pyridine rings is 1. The molecule has 3 rings (SSSR count). The molecular formula is C14H19BrN6. The normalized spacial score (nSPS) is 18.0. The SMILES string of the molecule is CC(N)C1CCN(c2n[nH]c(-c3ccc(Br)cn3)n2)CC1. The van der Waals surface area contributed by atoms with E-state index in [1.165, 1.54) is 0 Å². The number of aromatic nitrogens is 4. The highest BCUT2D eigenvalue weighted by molar-refractivity contribution is 9.10. The third-order valence-corrected chi connectivity index (χ3v) is 4.48. The van der Waals surface area contributed by atoms with Crippen molar-refractivity contribution in [1.82, 2.24) is 20.2 Å². The lowest BCUT2D eigenvalue weighted by Crippen LogP contribution is -2.40. The second kappa shape index (κ2) is 6.11. The summed E-state index contributed by atoms with van der Waals surface area (Å²) in [6.07, 6.45) is 3.95. The van der Waals surface area contributed by atoms with E-state index < -0.39 is 0 Å². The Morgan fingerprint density at radius 3 is 2.76 bits per heavy atom. The third-order valence-electron chi connectivity index (χ3n) is 4.01. The quantitative estimate of drug-likeness (QED) is 0.886. The average molecular weight is 351 g/mol. The Morgan fingerprint density at radius 1 is 1.38 bits per heavy atom. The standard InChI is InChI=1S/C14H19BrN6/c1-9(16)10-4-6-21(7-5-10)14-18-13(19-20-14)12-3-2-11(15)8-17-12/h2-3,8-10H,4-7,16H2,1H3,(H,18,19,20). The van der Waals surface area contributed by atoms with Crippen molar-refractivity contribution in [2.24, 2.45) is 11.7 Å². The summed E-state index contributed by atoms with van der Waals surface area (Å²) < 4.78 is 0.948. The Labute approximate surface area is 132 Å². The molecule has 1 fully saturated rings. The number of H-pyrrole nitrogens is 1. The first-order chi connectivity index (χ1) is 10.1. The van der Waals surface area contributed by atoms with Gasteiger partial charge in [-0.25, -0.2) is 0 Å². The van der Waals surface area contributed by atoms with E-state index in [0.29, 0.717) is 11.7 Å². The summed E-state index contributed by atoms with van der Waals surface area (Å²) in [4.78, 5) is 11.1. The van der Waals surface area contributed by atoms with Gasteiger partial charge in [0.2, 0.25) is 5.95 Å². The van der Waals surface area contributed by atoms with Crippen molar-refractivity contribution >= 4 is 21.9 Å². The number of rotatable bonds is 3. The Kier molecular flexibility index (Phi) is 4.21. The molecule has 0 bridgehead atoms. The van der Waals surface area contributed by atoms with Crippen LogP contribution in [0.3, 0.4) is 0 Å². The van der Waals surface area contributed by atoms with E-state index in [2.05, 4.69) is 47.9 Å². The van der Waals surface area contributed by atoms with Gasteiger partial charge in [-0.1, -0.05) is 0 Å². The van der Waals surface area contributed by atoms with Crippen LogP contribution < -0.4 is 10.6 Å². The van der Waals surface area contributed by atoms with Crippen LogP contribution in [0.15, 0.2) is 22.8 Å². The van der Waals surface area contributed by atoms with E-state index >= 15 is 0 Å². The van der Waals surface area contributed by atoms with Gasteiger partial charge >= 0.3 is 0 Å². The summed E-state index contributed by atoms with van der Waals surface area (Å²) in [5.74, 6) is 2.05. The Bertz CT molecular complexity index is 586. The maximum atomic E-state index is 5.98. The van der Waals surface area contributed by atoms with Crippen LogP contribution in [0.5, 0.6) is 0 Å². The Hall–Kier alpha value is -1.47. The molecule has 6 nitrogen and oxygen atoms in total. The van der Waals surface area contributed by atoms with Crippen LogP contribution in [0.25, 0.3) is 11.5 Å². The molecule has 1 aliphatic heterocycles. The first-order valence-corrected chi connectivity index (χ1v) is 7.97. The van der Waals surface area contributed by atoms with E-state index in [1.54, 1.807) is 6.20 Å². The summed E-state index contributed by atoms with van der Waals surface area (Å²) in [6.45, 7) is 4.00. The molecular weight excluding hydrogens is 332 g/mol. The lowest BCUT2D eigenvalue weighted by Gasteiger charge is -2.32. The number of anilines is 1. The minimum Gasteiger partial charge on any atom is -0.340 e. The van der Waals surface area contributed by atoms with Crippen LogP contribution in [0, 0.1) is 5.92 Å². The molecule has 1 saturated heterocycles. The molecule has 0 spiro atoms. The van der Waals surface area contributed by atoms with Crippen LogP contribution in [0.2, 0.25) is 0 Å². The highest BCUT2D eigenvalue weighted by Crippen LogP contribution is 2.24. The zero-order valence-electron chi connectivity index (χ0n) is 12.0. The summed E-state index contributed by atoms with van der Waals surface area (Å²) >= 11 is 3.38.